The van der Waals surface area contributed by atoms with Crippen molar-refractivity contribution in [2.75, 3.05) is 6.54 Å². The average Bonchev–Trinajstić information content (AvgIpc) is 3.16. The molecule has 0 aliphatic carbocycles. The van der Waals surface area contributed by atoms with E-state index in [0.29, 0.717) is 30.3 Å². The van der Waals surface area contributed by atoms with Crippen LogP contribution in [0, 0.1) is 0 Å². The highest BCUT2D eigenvalue weighted by Crippen LogP contribution is 2.22. The highest BCUT2D eigenvalue weighted by molar-refractivity contribution is 6.30. The Morgan fingerprint density at radius 3 is 2.59 bits per heavy atom. The second-order valence-corrected chi connectivity index (χ2v) is 8.09. The molecule has 6 heteroatoms. The quantitative estimate of drug-likeness (QED) is 0.327. The lowest BCUT2D eigenvalue weighted by atomic mass is 10.1. The van der Waals surface area contributed by atoms with E-state index in [0.717, 1.165) is 41.0 Å². The van der Waals surface area contributed by atoms with Gasteiger partial charge in [0, 0.05) is 23.7 Å². The molecular weight excluding hydrogens is 422 g/mol. The molecule has 0 atom stereocenters. The molecule has 32 heavy (non-hydrogen) atoms. The maximum Gasteiger partial charge on any atom is 0.251 e. The lowest BCUT2D eigenvalue weighted by molar-refractivity contribution is 0.0953. The Bertz CT molecular complexity index is 1190. The number of carbonyl (C=O) groups is 1. The summed E-state index contributed by atoms with van der Waals surface area (Å²) in [6, 6.07) is 23.1. The normalized spacial score (nSPS) is 10.9. The smallest absolute Gasteiger partial charge is 0.251 e. The summed E-state index contributed by atoms with van der Waals surface area (Å²) in [7, 11) is 0. The Morgan fingerprint density at radius 2 is 1.84 bits per heavy atom. The van der Waals surface area contributed by atoms with Gasteiger partial charge in [0.15, 0.2) is 0 Å². The van der Waals surface area contributed by atoms with Crippen LogP contribution in [0.3, 0.4) is 0 Å². The van der Waals surface area contributed by atoms with Crippen molar-refractivity contribution < 1.29 is 9.53 Å². The molecule has 0 saturated carbocycles. The maximum atomic E-state index is 12.5. The first-order chi connectivity index (χ1) is 15.6. The van der Waals surface area contributed by atoms with Crippen molar-refractivity contribution in [1.29, 1.82) is 0 Å². The number of nitrogens with one attached hydrogen (secondary N) is 1. The lowest BCUT2D eigenvalue weighted by Gasteiger charge is -2.11. The number of rotatable bonds is 9. The van der Waals surface area contributed by atoms with Gasteiger partial charge >= 0.3 is 0 Å². The summed E-state index contributed by atoms with van der Waals surface area (Å²) in [5, 5.41) is 3.67. The van der Waals surface area contributed by atoms with Crippen LogP contribution >= 0.6 is 11.6 Å². The molecule has 5 nitrogen and oxygen atoms in total. The van der Waals surface area contributed by atoms with Gasteiger partial charge in [-0.05, 0) is 54.4 Å². The number of nitrogens with zero attached hydrogens (tertiary/aromatic N) is 2. The van der Waals surface area contributed by atoms with Gasteiger partial charge < -0.3 is 14.6 Å². The SMILES string of the molecule is CCCCNC(=O)c1ccc2c(c1)nc(COc1ccccc1)n2Cc1ccc(Cl)cc1. The van der Waals surface area contributed by atoms with Crippen LogP contribution in [0.2, 0.25) is 5.02 Å². The molecule has 0 unspecified atom stereocenters. The standard InChI is InChI=1S/C26H26ClN3O2/c1-2-3-15-28-26(31)20-11-14-24-23(16-20)29-25(18-32-22-7-5-4-6-8-22)30(24)17-19-9-12-21(27)13-10-19/h4-14,16H,2-3,15,17-18H2,1H3,(H,28,31). The number of hydrogen-bond donors (Lipinski definition) is 1. The second kappa shape index (κ2) is 10.3. The van der Waals surface area contributed by atoms with Crippen LogP contribution in [-0.4, -0.2) is 22.0 Å². The van der Waals surface area contributed by atoms with Gasteiger partial charge in [-0.2, -0.15) is 0 Å². The molecule has 0 fully saturated rings. The van der Waals surface area contributed by atoms with Crippen molar-refractivity contribution in [1.82, 2.24) is 14.9 Å². The average molecular weight is 448 g/mol. The Balaban J connectivity index is 1.64. The number of unbranched alkanes of at least 4 members (excludes halogenated alkanes) is 1. The minimum atomic E-state index is -0.0744. The predicted octanol–water partition coefficient (Wildman–Crippen LogP) is 5.85. The van der Waals surface area contributed by atoms with Gasteiger partial charge in [0.05, 0.1) is 11.0 Å². The molecule has 4 aromatic rings. The van der Waals surface area contributed by atoms with E-state index >= 15 is 0 Å². The Labute approximate surface area is 193 Å². The molecule has 0 bridgehead atoms. The van der Waals surface area contributed by atoms with Crippen LogP contribution < -0.4 is 10.1 Å². The monoisotopic (exact) mass is 447 g/mol. The molecule has 0 saturated heterocycles. The van der Waals surface area contributed by atoms with Gasteiger partial charge in [-0.15, -0.1) is 0 Å². The number of aromatic nitrogens is 2. The van der Waals surface area contributed by atoms with E-state index in [-0.39, 0.29) is 5.91 Å². The Kier molecular flexibility index (Phi) is 7.07. The first-order valence-electron chi connectivity index (χ1n) is 10.8. The molecule has 1 heterocycles. The van der Waals surface area contributed by atoms with E-state index in [4.69, 9.17) is 21.3 Å². The van der Waals surface area contributed by atoms with Crippen molar-refractivity contribution >= 4 is 28.5 Å². The Morgan fingerprint density at radius 1 is 1.06 bits per heavy atom. The van der Waals surface area contributed by atoms with Crippen LogP contribution in [0.5, 0.6) is 5.75 Å². The third-order valence-corrected chi connectivity index (χ3v) is 5.52. The highest BCUT2D eigenvalue weighted by Gasteiger charge is 2.15. The molecule has 0 aliphatic heterocycles. The van der Waals surface area contributed by atoms with Crippen LogP contribution in [0.25, 0.3) is 11.0 Å². The molecule has 0 radical (unpaired) electrons. The van der Waals surface area contributed by atoms with Crippen LogP contribution in [0.15, 0.2) is 72.8 Å². The summed E-state index contributed by atoms with van der Waals surface area (Å²) in [6.45, 7) is 3.73. The molecule has 1 aromatic heterocycles. The Hall–Kier alpha value is -3.31. The van der Waals surface area contributed by atoms with Crippen molar-refractivity contribution in [3.05, 3.63) is 94.8 Å². The number of halogens is 1. The summed E-state index contributed by atoms with van der Waals surface area (Å²) in [5.41, 5.74) is 3.45. The van der Waals surface area contributed by atoms with Crippen LogP contribution in [-0.2, 0) is 13.2 Å². The van der Waals surface area contributed by atoms with Crippen molar-refractivity contribution in [2.24, 2.45) is 0 Å². The van der Waals surface area contributed by atoms with Crippen molar-refractivity contribution in [3.63, 3.8) is 0 Å². The van der Waals surface area contributed by atoms with Crippen LogP contribution in [0.1, 0.15) is 41.5 Å². The van der Waals surface area contributed by atoms with Gasteiger partial charge in [0.1, 0.15) is 18.2 Å². The van der Waals surface area contributed by atoms with E-state index in [1.165, 1.54) is 0 Å². The number of amides is 1. The maximum absolute atomic E-state index is 12.5. The number of ether oxygens (including phenoxy) is 1. The molecule has 0 spiro atoms. The molecule has 1 amide bonds. The fourth-order valence-corrected chi connectivity index (χ4v) is 3.65. The molecule has 1 N–H and O–H groups in total. The molecular formula is C26H26ClN3O2. The van der Waals surface area contributed by atoms with E-state index in [1.807, 2.05) is 72.8 Å². The lowest BCUT2D eigenvalue weighted by Crippen LogP contribution is -2.24. The number of fused-ring (bicyclic) bond motifs is 1. The minimum absolute atomic E-state index is 0.0744. The van der Waals surface area contributed by atoms with Gasteiger partial charge in [-0.3, -0.25) is 4.79 Å². The largest absolute Gasteiger partial charge is 0.486 e. The first-order valence-corrected chi connectivity index (χ1v) is 11.2. The van der Waals surface area contributed by atoms with Gasteiger partial charge in [0.25, 0.3) is 5.91 Å². The fraction of sp³-hybridized carbons (Fsp3) is 0.231. The van der Waals surface area contributed by atoms with E-state index in [9.17, 15) is 4.79 Å². The van der Waals surface area contributed by atoms with E-state index in [2.05, 4.69) is 16.8 Å². The van der Waals surface area contributed by atoms with E-state index < -0.39 is 0 Å². The number of hydrogen-bond acceptors (Lipinski definition) is 3. The first kappa shape index (κ1) is 21.9. The highest BCUT2D eigenvalue weighted by atomic mass is 35.5. The molecule has 0 aliphatic rings. The number of benzene rings is 3. The summed E-state index contributed by atoms with van der Waals surface area (Å²) in [4.78, 5) is 17.3. The van der Waals surface area contributed by atoms with Gasteiger partial charge in [-0.25, -0.2) is 4.98 Å². The summed E-state index contributed by atoms with van der Waals surface area (Å²) < 4.78 is 8.10. The summed E-state index contributed by atoms with van der Waals surface area (Å²) in [5.74, 6) is 1.51. The van der Waals surface area contributed by atoms with Crippen LogP contribution in [0.4, 0.5) is 0 Å². The van der Waals surface area contributed by atoms with Gasteiger partial charge in [0.2, 0.25) is 0 Å². The molecule has 3 aromatic carbocycles. The van der Waals surface area contributed by atoms with Gasteiger partial charge in [-0.1, -0.05) is 55.3 Å². The number of carbonyl (C=O) groups excluding carboxylic acids is 1. The van der Waals surface area contributed by atoms with E-state index in [1.54, 1.807) is 0 Å². The predicted molar refractivity (Wildman–Crippen MR) is 128 cm³/mol. The topological polar surface area (TPSA) is 56.1 Å². The van der Waals surface area contributed by atoms with Crippen molar-refractivity contribution in [2.45, 2.75) is 32.9 Å². The molecule has 4 rings (SSSR count). The summed E-state index contributed by atoms with van der Waals surface area (Å²) >= 11 is 6.05. The molecule has 164 valence electrons. The summed E-state index contributed by atoms with van der Waals surface area (Å²) in [6.07, 6.45) is 2.00. The zero-order valence-electron chi connectivity index (χ0n) is 18.1. The zero-order valence-corrected chi connectivity index (χ0v) is 18.8. The number of imidazole rings is 1. The third kappa shape index (κ3) is 5.29. The van der Waals surface area contributed by atoms with Crippen molar-refractivity contribution in [3.8, 4) is 5.75 Å². The third-order valence-electron chi connectivity index (χ3n) is 5.27. The second-order valence-electron chi connectivity index (χ2n) is 7.66. The zero-order chi connectivity index (χ0) is 22.3. The number of para-hydroxylation sites is 1. The minimum Gasteiger partial charge on any atom is -0.486 e. The fourth-order valence-electron chi connectivity index (χ4n) is 3.53.